The van der Waals surface area contributed by atoms with Crippen LogP contribution in [0.15, 0.2) is 64.8 Å². The van der Waals surface area contributed by atoms with Crippen molar-refractivity contribution in [2.24, 2.45) is 10.2 Å². The third-order valence-electron chi connectivity index (χ3n) is 3.60. The molecule has 0 aliphatic heterocycles. The Labute approximate surface area is 141 Å². The van der Waals surface area contributed by atoms with Gasteiger partial charge in [0.25, 0.3) is 0 Å². The number of carbonyl (C=O) groups is 2. The Kier molecular flexibility index (Phi) is 4.13. The summed E-state index contributed by atoms with van der Waals surface area (Å²) in [5, 5.41) is 37.1. The Bertz CT molecular complexity index is 1010. The van der Waals surface area contributed by atoms with E-state index in [2.05, 4.69) is 10.2 Å². The van der Waals surface area contributed by atoms with Gasteiger partial charge in [-0.05, 0) is 47.9 Å². The monoisotopic (exact) mass is 336 g/mol. The Morgan fingerprint density at radius 1 is 0.760 bits per heavy atom. The van der Waals surface area contributed by atoms with Crippen LogP contribution in [0.4, 0.5) is 11.4 Å². The van der Waals surface area contributed by atoms with Crippen LogP contribution in [-0.4, -0.2) is 27.3 Å². The molecule has 0 spiro atoms. The number of benzene rings is 3. The van der Waals surface area contributed by atoms with Gasteiger partial charge in [-0.1, -0.05) is 12.1 Å². The summed E-state index contributed by atoms with van der Waals surface area (Å²) in [6.45, 7) is 0. The number of nitrogens with zero attached hydrogens (tertiary/aromatic N) is 2. The molecule has 0 radical (unpaired) electrons. The minimum absolute atomic E-state index is 0.0959. The van der Waals surface area contributed by atoms with Crippen molar-refractivity contribution in [2.75, 3.05) is 0 Å². The highest BCUT2D eigenvalue weighted by atomic mass is 16.4. The second-order valence-corrected chi connectivity index (χ2v) is 5.23. The standard InChI is InChI=1S/C18H12N2O5/c21-15-8-4-11-9-12(18(24)25)3-7-14(11)16(15)20-19-13-5-1-10(2-6-13)17(22)23/h1-9,21H,(H,22,23)(H,24,25). The van der Waals surface area contributed by atoms with Gasteiger partial charge in [0, 0.05) is 5.39 Å². The van der Waals surface area contributed by atoms with E-state index < -0.39 is 11.9 Å². The molecular formula is C18H12N2O5. The topological polar surface area (TPSA) is 120 Å². The van der Waals surface area contributed by atoms with Crippen molar-refractivity contribution >= 4 is 34.1 Å². The number of aromatic hydroxyl groups is 1. The fourth-order valence-corrected chi connectivity index (χ4v) is 2.32. The van der Waals surface area contributed by atoms with E-state index in [1.165, 1.54) is 42.5 Å². The van der Waals surface area contributed by atoms with Crippen molar-refractivity contribution in [3.63, 3.8) is 0 Å². The largest absolute Gasteiger partial charge is 0.506 e. The summed E-state index contributed by atoms with van der Waals surface area (Å²) in [6, 6.07) is 13.3. The highest BCUT2D eigenvalue weighted by molar-refractivity contribution is 6.00. The maximum Gasteiger partial charge on any atom is 0.335 e. The number of phenolic OH excluding ortho intramolecular Hbond substituents is 1. The zero-order valence-corrected chi connectivity index (χ0v) is 12.7. The van der Waals surface area contributed by atoms with Gasteiger partial charge in [-0.15, -0.1) is 5.11 Å². The maximum absolute atomic E-state index is 11.0. The molecule has 0 aromatic heterocycles. The van der Waals surface area contributed by atoms with Crippen molar-refractivity contribution in [1.82, 2.24) is 0 Å². The Hall–Kier alpha value is -3.74. The maximum atomic E-state index is 11.0. The number of hydrogen-bond acceptors (Lipinski definition) is 5. The van der Waals surface area contributed by atoms with Gasteiger partial charge in [0.1, 0.15) is 11.4 Å². The lowest BCUT2D eigenvalue weighted by Gasteiger charge is -2.05. The van der Waals surface area contributed by atoms with Crippen molar-refractivity contribution in [3.05, 3.63) is 65.7 Å². The third kappa shape index (κ3) is 3.30. The number of fused-ring (bicyclic) bond motifs is 1. The van der Waals surface area contributed by atoms with Crippen LogP contribution in [0.25, 0.3) is 10.8 Å². The minimum atomic E-state index is -1.04. The van der Waals surface area contributed by atoms with Crippen LogP contribution in [0.5, 0.6) is 5.75 Å². The van der Waals surface area contributed by atoms with Gasteiger partial charge in [0.05, 0.1) is 16.8 Å². The predicted octanol–water partition coefficient (Wildman–Crippen LogP) is 4.36. The number of carboxylic acids is 2. The van der Waals surface area contributed by atoms with Crippen LogP contribution >= 0.6 is 0 Å². The van der Waals surface area contributed by atoms with E-state index in [0.29, 0.717) is 16.5 Å². The second kappa shape index (κ2) is 6.40. The first-order chi connectivity index (χ1) is 12.0. The van der Waals surface area contributed by atoms with Gasteiger partial charge in [0.2, 0.25) is 0 Å². The molecule has 0 fully saturated rings. The summed E-state index contributed by atoms with van der Waals surface area (Å²) < 4.78 is 0. The minimum Gasteiger partial charge on any atom is -0.506 e. The first-order valence-electron chi connectivity index (χ1n) is 7.20. The molecule has 7 heteroatoms. The number of rotatable bonds is 4. The fraction of sp³-hybridized carbons (Fsp3) is 0. The first kappa shape index (κ1) is 16.1. The summed E-state index contributed by atoms with van der Waals surface area (Å²) in [5.74, 6) is -2.18. The van der Waals surface area contributed by atoms with E-state index >= 15 is 0 Å². The number of azo groups is 1. The molecule has 3 N–H and O–H groups in total. The van der Waals surface area contributed by atoms with Gasteiger partial charge in [-0.25, -0.2) is 9.59 Å². The molecule has 0 saturated carbocycles. The van der Waals surface area contributed by atoms with E-state index in [1.807, 2.05) is 0 Å². The van der Waals surface area contributed by atoms with Crippen LogP contribution in [0, 0.1) is 0 Å². The Balaban J connectivity index is 2.01. The van der Waals surface area contributed by atoms with Crippen LogP contribution < -0.4 is 0 Å². The fourth-order valence-electron chi connectivity index (χ4n) is 2.32. The average molecular weight is 336 g/mol. The SMILES string of the molecule is O=C(O)c1ccc(N=Nc2c(O)ccc3cc(C(=O)O)ccc23)cc1. The van der Waals surface area contributed by atoms with Gasteiger partial charge in [-0.3, -0.25) is 0 Å². The molecule has 0 saturated heterocycles. The van der Waals surface area contributed by atoms with Crippen LogP contribution in [0.2, 0.25) is 0 Å². The highest BCUT2D eigenvalue weighted by Gasteiger charge is 2.10. The first-order valence-corrected chi connectivity index (χ1v) is 7.20. The van der Waals surface area contributed by atoms with E-state index in [4.69, 9.17) is 10.2 Å². The molecule has 7 nitrogen and oxygen atoms in total. The Morgan fingerprint density at radius 3 is 2.04 bits per heavy atom. The van der Waals surface area contributed by atoms with Gasteiger partial charge in [0.15, 0.2) is 0 Å². The van der Waals surface area contributed by atoms with E-state index in [0.717, 1.165) is 0 Å². The summed E-state index contributed by atoms with van der Waals surface area (Å²) in [4.78, 5) is 21.9. The van der Waals surface area contributed by atoms with E-state index in [9.17, 15) is 14.7 Å². The number of aromatic carboxylic acids is 2. The molecule has 25 heavy (non-hydrogen) atoms. The average Bonchev–Trinajstić information content (AvgIpc) is 2.60. The van der Waals surface area contributed by atoms with Crippen molar-refractivity contribution < 1.29 is 24.9 Å². The number of phenols is 1. The molecule has 0 unspecified atom stereocenters. The molecule has 124 valence electrons. The molecule has 0 atom stereocenters. The normalized spacial score (nSPS) is 11.0. The highest BCUT2D eigenvalue weighted by Crippen LogP contribution is 2.36. The van der Waals surface area contributed by atoms with E-state index in [1.54, 1.807) is 12.1 Å². The van der Waals surface area contributed by atoms with Crippen LogP contribution in [-0.2, 0) is 0 Å². The molecule has 3 aromatic rings. The molecule has 0 amide bonds. The molecule has 0 aliphatic carbocycles. The molecular weight excluding hydrogens is 324 g/mol. The van der Waals surface area contributed by atoms with Gasteiger partial charge < -0.3 is 15.3 Å². The van der Waals surface area contributed by atoms with Gasteiger partial charge >= 0.3 is 11.9 Å². The smallest absolute Gasteiger partial charge is 0.335 e. The summed E-state index contributed by atoms with van der Waals surface area (Å²) in [6.07, 6.45) is 0. The lowest BCUT2D eigenvalue weighted by atomic mass is 10.1. The zero-order chi connectivity index (χ0) is 18.0. The van der Waals surface area contributed by atoms with Crippen molar-refractivity contribution in [3.8, 4) is 5.75 Å². The van der Waals surface area contributed by atoms with E-state index in [-0.39, 0.29) is 22.6 Å². The predicted molar refractivity (Wildman–Crippen MR) is 90.1 cm³/mol. The molecule has 0 aliphatic rings. The third-order valence-corrected chi connectivity index (χ3v) is 3.60. The number of carboxylic acid groups (broad SMARTS) is 2. The second-order valence-electron chi connectivity index (χ2n) is 5.23. The van der Waals surface area contributed by atoms with Crippen LogP contribution in [0.3, 0.4) is 0 Å². The number of hydrogen-bond donors (Lipinski definition) is 3. The van der Waals surface area contributed by atoms with Gasteiger partial charge in [-0.2, -0.15) is 5.11 Å². The van der Waals surface area contributed by atoms with Crippen LogP contribution in [0.1, 0.15) is 20.7 Å². The molecule has 3 aromatic carbocycles. The molecule has 3 rings (SSSR count). The quantitative estimate of drug-likeness (QED) is 0.612. The Morgan fingerprint density at radius 2 is 1.40 bits per heavy atom. The summed E-state index contributed by atoms with van der Waals surface area (Å²) in [5.41, 5.74) is 0.888. The van der Waals surface area contributed by atoms with Crippen molar-refractivity contribution in [1.29, 1.82) is 0 Å². The summed E-state index contributed by atoms with van der Waals surface area (Å²) >= 11 is 0. The summed E-state index contributed by atoms with van der Waals surface area (Å²) in [7, 11) is 0. The molecule has 0 heterocycles. The zero-order valence-electron chi connectivity index (χ0n) is 12.7. The van der Waals surface area contributed by atoms with Crippen molar-refractivity contribution in [2.45, 2.75) is 0 Å². The molecule has 0 bridgehead atoms. The lowest BCUT2D eigenvalue weighted by molar-refractivity contribution is 0.0686. The lowest BCUT2D eigenvalue weighted by Crippen LogP contribution is -1.95.